The molecular weight excluding hydrogens is 271 g/mol. The number of aryl methyl sites for hydroxylation is 2. The Kier molecular flexibility index (Phi) is 3.64. The summed E-state index contributed by atoms with van der Waals surface area (Å²) in [5.41, 5.74) is 1.70. The van der Waals surface area contributed by atoms with Gasteiger partial charge >= 0.3 is 0 Å². The van der Waals surface area contributed by atoms with Crippen LogP contribution in [0.15, 0.2) is 24.3 Å². The fourth-order valence-corrected chi connectivity index (χ4v) is 2.22. The Labute approximate surface area is 115 Å². The molecule has 0 saturated carbocycles. The predicted molar refractivity (Wildman–Crippen MR) is 71.4 cm³/mol. The van der Waals surface area contributed by atoms with E-state index in [0.29, 0.717) is 10.0 Å². The molecule has 2 aromatic rings. The van der Waals surface area contributed by atoms with E-state index >= 15 is 0 Å². The molecule has 0 bridgehead atoms. The fourth-order valence-electron chi connectivity index (χ4n) is 1.65. The number of benzene rings is 1. The summed E-state index contributed by atoms with van der Waals surface area (Å²) in [6, 6.07) is 6.71. The van der Waals surface area contributed by atoms with E-state index in [4.69, 9.17) is 23.2 Å². The van der Waals surface area contributed by atoms with E-state index in [-0.39, 0.29) is 17.2 Å². The lowest BCUT2D eigenvalue weighted by Crippen LogP contribution is -2.10. The molecule has 92 valence electrons. The van der Waals surface area contributed by atoms with Crippen LogP contribution in [0.25, 0.3) is 0 Å². The van der Waals surface area contributed by atoms with Gasteiger partial charge in [0.1, 0.15) is 0 Å². The highest BCUT2D eigenvalue weighted by atomic mass is 35.5. The Morgan fingerprint density at radius 2 is 1.56 bits per heavy atom. The molecule has 0 aliphatic heterocycles. The van der Waals surface area contributed by atoms with Crippen molar-refractivity contribution in [3.05, 3.63) is 57.1 Å². The van der Waals surface area contributed by atoms with Crippen molar-refractivity contribution in [3.63, 3.8) is 0 Å². The third-order valence-corrected chi connectivity index (χ3v) is 3.01. The quantitative estimate of drug-likeness (QED) is 0.789. The standard InChI is InChI=1S/C13H10Cl2N2O/c1-7-6-8(2)17-13(16-7)12(18)11-9(14)4-3-5-10(11)15/h3-6H,1-2H3. The fraction of sp³-hybridized carbons (Fsp3) is 0.154. The van der Waals surface area contributed by atoms with Crippen LogP contribution in [0.3, 0.4) is 0 Å². The van der Waals surface area contributed by atoms with Crippen molar-refractivity contribution in [1.29, 1.82) is 0 Å². The van der Waals surface area contributed by atoms with Gasteiger partial charge in [-0.3, -0.25) is 4.79 Å². The molecule has 0 radical (unpaired) electrons. The number of hydrogen-bond acceptors (Lipinski definition) is 3. The van der Waals surface area contributed by atoms with Gasteiger partial charge in [-0.1, -0.05) is 29.3 Å². The lowest BCUT2D eigenvalue weighted by molar-refractivity contribution is 0.102. The minimum Gasteiger partial charge on any atom is -0.285 e. The monoisotopic (exact) mass is 280 g/mol. The first-order chi connectivity index (χ1) is 8.49. The largest absolute Gasteiger partial charge is 0.285 e. The van der Waals surface area contributed by atoms with E-state index in [9.17, 15) is 4.79 Å². The van der Waals surface area contributed by atoms with Crippen LogP contribution < -0.4 is 0 Å². The molecular formula is C13H10Cl2N2O. The normalized spacial score (nSPS) is 10.4. The van der Waals surface area contributed by atoms with Crippen LogP contribution in [0.1, 0.15) is 27.6 Å². The van der Waals surface area contributed by atoms with Crippen molar-refractivity contribution in [2.24, 2.45) is 0 Å². The molecule has 1 aromatic heterocycles. The highest BCUT2D eigenvalue weighted by molar-refractivity contribution is 6.40. The highest BCUT2D eigenvalue weighted by Gasteiger charge is 2.19. The summed E-state index contributed by atoms with van der Waals surface area (Å²) in [4.78, 5) is 20.5. The molecule has 2 rings (SSSR count). The van der Waals surface area contributed by atoms with Gasteiger partial charge in [0.25, 0.3) is 0 Å². The van der Waals surface area contributed by atoms with E-state index in [1.807, 2.05) is 0 Å². The average Bonchev–Trinajstić information content (AvgIpc) is 2.27. The Hall–Kier alpha value is -1.45. The number of carbonyl (C=O) groups excluding carboxylic acids is 1. The van der Waals surface area contributed by atoms with E-state index in [1.54, 1.807) is 38.1 Å². The van der Waals surface area contributed by atoms with Crippen LogP contribution in [-0.2, 0) is 0 Å². The zero-order chi connectivity index (χ0) is 13.3. The van der Waals surface area contributed by atoms with Crippen molar-refractivity contribution in [2.45, 2.75) is 13.8 Å². The second-order valence-corrected chi connectivity index (χ2v) is 4.71. The van der Waals surface area contributed by atoms with Gasteiger partial charge in [-0.2, -0.15) is 0 Å². The van der Waals surface area contributed by atoms with Gasteiger partial charge < -0.3 is 0 Å². The minimum absolute atomic E-state index is 0.113. The molecule has 0 N–H and O–H groups in total. The van der Waals surface area contributed by atoms with Gasteiger partial charge in [-0.15, -0.1) is 0 Å². The van der Waals surface area contributed by atoms with Crippen molar-refractivity contribution >= 4 is 29.0 Å². The molecule has 3 nitrogen and oxygen atoms in total. The second-order valence-electron chi connectivity index (χ2n) is 3.90. The Morgan fingerprint density at radius 1 is 1.06 bits per heavy atom. The van der Waals surface area contributed by atoms with Gasteiger partial charge in [0, 0.05) is 11.4 Å². The molecule has 0 spiro atoms. The molecule has 0 aliphatic rings. The van der Waals surface area contributed by atoms with Gasteiger partial charge in [-0.25, -0.2) is 9.97 Å². The highest BCUT2D eigenvalue weighted by Crippen LogP contribution is 2.26. The molecule has 0 atom stereocenters. The summed E-state index contributed by atoms with van der Waals surface area (Å²) >= 11 is 12.0. The zero-order valence-electron chi connectivity index (χ0n) is 9.87. The summed E-state index contributed by atoms with van der Waals surface area (Å²) in [6.07, 6.45) is 0. The summed E-state index contributed by atoms with van der Waals surface area (Å²) in [7, 11) is 0. The zero-order valence-corrected chi connectivity index (χ0v) is 11.4. The van der Waals surface area contributed by atoms with Crippen LogP contribution >= 0.6 is 23.2 Å². The molecule has 0 amide bonds. The smallest absolute Gasteiger partial charge is 0.233 e. The van der Waals surface area contributed by atoms with Crippen LogP contribution in [0.4, 0.5) is 0 Å². The van der Waals surface area contributed by atoms with Crippen LogP contribution in [0, 0.1) is 13.8 Å². The molecule has 0 saturated heterocycles. The lowest BCUT2D eigenvalue weighted by Gasteiger charge is -2.06. The second kappa shape index (κ2) is 5.04. The number of ketones is 1. The first-order valence-electron chi connectivity index (χ1n) is 5.30. The topological polar surface area (TPSA) is 42.9 Å². The third-order valence-electron chi connectivity index (χ3n) is 2.38. The van der Waals surface area contributed by atoms with Crippen LogP contribution in [0.2, 0.25) is 10.0 Å². The van der Waals surface area contributed by atoms with Gasteiger partial charge in [0.05, 0.1) is 15.6 Å². The SMILES string of the molecule is Cc1cc(C)nc(C(=O)c2c(Cl)cccc2Cl)n1. The van der Waals surface area contributed by atoms with Gasteiger partial charge in [-0.05, 0) is 32.0 Å². The van der Waals surface area contributed by atoms with Crippen LogP contribution in [-0.4, -0.2) is 15.8 Å². The Bertz CT molecular complexity index is 586. The molecule has 5 heteroatoms. The van der Waals surface area contributed by atoms with E-state index in [2.05, 4.69) is 9.97 Å². The molecule has 1 heterocycles. The van der Waals surface area contributed by atoms with E-state index < -0.39 is 0 Å². The van der Waals surface area contributed by atoms with Gasteiger partial charge in [0.15, 0.2) is 0 Å². The maximum Gasteiger partial charge on any atom is 0.233 e. The minimum atomic E-state index is -0.364. The van der Waals surface area contributed by atoms with Crippen molar-refractivity contribution < 1.29 is 4.79 Å². The molecule has 1 aromatic carbocycles. The molecule has 0 fully saturated rings. The summed E-state index contributed by atoms with van der Waals surface area (Å²) in [6.45, 7) is 3.61. The van der Waals surface area contributed by atoms with Crippen LogP contribution in [0.5, 0.6) is 0 Å². The number of aromatic nitrogens is 2. The van der Waals surface area contributed by atoms with Crippen molar-refractivity contribution in [2.75, 3.05) is 0 Å². The Morgan fingerprint density at radius 3 is 2.06 bits per heavy atom. The molecule has 0 aliphatic carbocycles. The summed E-state index contributed by atoms with van der Waals surface area (Å²) in [5.74, 6) is -0.250. The maximum absolute atomic E-state index is 12.3. The van der Waals surface area contributed by atoms with Gasteiger partial charge in [0.2, 0.25) is 11.6 Å². The van der Waals surface area contributed by atoms with E-state index in [0.717, 1.165) is 11.4 Å². The third kappa shape index (κ3) is 2.52. The lowest BCUT2D eigenvalue weighted by atomic mass is 10.1. The van der Waals surface area contributed by atoms with Crippen molar-refractivity contribution in [1.82, 2.24) is 9.97 Å². The first-order valence-corrected chi connectivity index (χ1v) is 6.05. The number of rotatable bonds is 2. The summed E-state index contributed by atoms with van der Waals surface area (Å²) < 4.78 is 0. The van der Waals surface area contributed by atoms with E-state index in [1.165, 1.54) is 0 Å². The maximum atomic E-state index is 12.3. The molecule has 0 unspecified atom stereocenters. The predicted octanol–water partition coefficient (Wildman–Crippen LogP) is 3.63. The molecule has 18 heavy (non-hydrogen) atoms. The summed E-state index contributed by atoms with van der Waals surface area (Å²) in [5, 5.41) is 0.602. The number of nitrogens with zero attached hydrogens (tertiary/aromatic N) is 2. The average molecular weight is 281 g/mol. The van der Waals surface area contributed by atoms with Crippen molar-refractivity contribution in [3.8, 4) is 0 Å². The number of hydrogen-bond donors (Lipinski definition) is 0. The first kappa shape index (κ1) is 13.0. The number of carbonyl (C=O) groups is 1. The number of halogens is 2. The Balaban J connectivity index is 2.55.